The predicted octanol–water partition coefficient (Wildman–Crippen LogP) is 4.45. The summed E-state index contributed by atoms with van der Waals surface area (Å²) in [6.45, 7) is 3.10. The van der Waals surface area contributed by atoms with E-state index in [0.717, 1.165) is 12.5 Å². The van der Waals surface area contributed by atoms with Crippen LogP contribution in [0.15, 0.2) is 24.3 Å². The lowest BCUT2D eigenvalue weighted by molar-refractivity contribution is 0.301. The molecule has 1 fully saturated rings. The normalized spacial score (nSPS) is 18.8. The van der Waals surface area contributed by atoms with E-state index in [2.05, 4.69) is 12.2 Å². The maximum atomic E-state index is 13.0. The van der Waals surface area contributed by atoms with Gasteiger partial charge in [-0.15, -0.1) is 0 Å². The fraction of sp³-hybridized carbons (Fsp3) is 0.625. The maximum Gasteiger partial charge on any atom is 0.123 e. The van der Waals surface area contributed by atoms with Crippen molar-refractivity contribution in [1.29, 1.82) is 0 Å². The van der Waals surface area contributed by atoms with Crippen LogP contribution in [0.1, 0.15) is 57.1 Å². The molecule has 1 N–H and O–H groups in total. The highest BCUT2D eigenvalue weighted by molar-refractivity contribution is 5.20. The summed E-state index contributed by atoms with van der Waals surface area (Å²) in [5.41, 5.74) is 1.23. The topological polar surface area (TPSA) is 12.0 Å². The van der Waals surface area contributed by atoms with E-state index in [9.17, 15) is 4.39 Å². The zero-order valence-electron chi connectivity index (χ0n) is 11.3. The molecule has 2 heteroatoms. The van der Waals surface area contributed by atoms with Crippen molar-refractivity contribution in [2.75, 3.05) is 6.54 Å². The van der Waals surface area contributed by atoms with Gasteiger partial charge < -0.3 is 5.32 Å². The van der Waals surface area contributed by atoms with Gasteiger partial charge in [-0.2, -0.15) is 0 Å². The summed E-state index contributed by atoms with van der Waals surface area (Å²) in [6, 6.07) is 7.37. The predicted molar refractivity (Wildman–Crippen MR) is 74.0 cm³/mol. The van der Waals surface area contributed by atoms with Crippen molar-refractivity contribution < 1.29 is 4.39 Å². The Morgan fingerprint density at radius 2 is 1.83 bits per heavy atom. The van der Waals surface area contributed by atoms with Gasteiger partial charge in [0.15, 0.2) is 0 Å². The van der Waals surface area contributed by atoms with Gasteiger partial charge in [-0.3, -0.25) is 0 Å². The Morgan fingerprint density at radius 1 is 1.17 bits per heavy atom. The van der Waals surface area contributed by atoms with Gasteiger partial charge in [-0.05, 0) is 36.6 Å². The molecule has 0 aliphatic heterocycles. The number of hydrogen-bond donors (Lipinski definition) is 1. The monoisotopic (exact) mass is 249 g/mol. The molecular weight excluding hydrogens is 225 g/mol. The van der Waals surface area contributed by atoms with Crippen LogP contribution in [0, 0.1) is 11.7 Å². The Bertz CT molecular complexity index is 341. The summed E-state index contributed by atoms with van der Waals surface area (Å²) in [6.07, 6.45) is 8.09. The zero-order chi connectivity index (χ0) is 12.8. The third kappa shape index (κ3) is 3.81. The van der Waals surface area contributed by atoms with Crippen molar-refractivity contribution >= 4 is 0 Å². The van der Waals surface area contributed by atoms with Crippen LogP contribution in [-0.2, 0) is 0 Å². The second-order valence-electron chi connectivity index (χ2n) is 5.40. The third-order valence-electron chi connectivity index (χ3n) is 4.02. The molecule has 1 atom stereocenters. The van der Waals surface area contributed by atoms with Crippen molar-refractivity contribution in [3.63, 3.8) is 0 Å². The Balaban J connectivity index is 2.00. The first kappa shape index (κ1) is 13.5. The number of rotatable bonds is 5. The van der Waals surface area contributed by atoms with Crippen molar-refractivity contribution in [3.05, 3.63) is 35.6 Å². The molecule has 1 nitrogen and oxygen atoms in total. The Hall–Kier alpha value is -0.890. The average Bonchev–Trinajstić information content (AvgIpc) is 2.40. The van der Waals surface area contributed by atoms with Gasteiger partial charge in [0.05, 0.1) is 0 Å². The molecule has 0 radical (unpaired) electrons. The van der Waals surface area contributed by atoms with Gasteiger partial charge in [-0.25, -0.2) is 4.39 Å². The van der Waals surface area contributed by atoms with Crippen LogP contribution in [0.3, 0.4) is 0 Å². The van der Waals surface area contributed by atoms with Crippen LogP contribution in [0.5, 0.6) is 0 Å². The van der Waals surface area contributed by atoms with Crippen molar-refractivity contribution in [2.24, 2.45) is 5.92 Å². The first-order chi connectivity index (χ1) is 8.79. The molecule has 100 valence electrons. The second kappa shape index (κ2) is 6.89. The van der Waals surface area contributed by atoms with Crippen molar-refractivity contribution in [3.8, 4) is 0 Å². The highest BCUT2D eigenvalue weighted by atomic mass is 19.1. The fourth-order valence-electron chi connectivity index (χ4n) is 3.03. The number of hydrogen-bond acceptors (Lipinski definition) is 1. The molecule has 1 aliphatic rings. The van der Waals surface area contributed by atoms with E-state index in [4.69, 9.17) is 0 Å². The molecule has 0 spiro atoms. The van der Waals surface area contributed by atoms with Gasteiger partial charge in [0.25, 0.3) is 0 Å². The molecule has 1 aromatic carbocycles. The number of benzene rings is 1. The van der Waals surface area contributed by atoms with Crippen LogP contribution < -0.4 is 5.32 Å². The van der Waals surface area contributed by atoms with Crippen LogP contribution in [0.4, 0.5) is 4.39 Å². The van der Waals surface area contributed by atoms with E-state index >= 15 is 0 Å². The standard InChI is InChI=1S/C16H24FN/c1-2-18-16(12-13-6-4-3-5-7-13)14-8-10-15(17)11-9-14/h8-11,13,16,18H,2-7,12H2,1H3. The zero-order valence-corrected chi connectivity index (χ0v) is 11.3. The van der Waals surface area contributed by atoms with Crippen LogP contribution >= 0.6 is 0 Å². The van der Waals surface area contributed by atoms with Crippen LogP contribution in [0.2, 0.25) is 0 Å². The Morgan fingerprint density at radius 3 is 2.44 bits per heavy atom. The Kier molecular flexibility index (Phi) is 5.18. The molecule has 18 heavy (non-hydrogen) atoms. The molecule has 1 aliphatic carbocycles. The van der Waals surface area contributed by atoms with Crippen LogP contribution in [-0.4, -0.2) is 6.54 Å². The lowest BCUT2D eigenvalue weighted by Gasteiger charge is -2.27. The van der Waals surface area contributed by atoms with Crippen LogP contribution in [0.25, 0.3) is 0 Å². The minimum absolute atomic E-state index is 0.147. The second-order valence-corrected chi connectivity index (χ2v) is 5.40. The molecule has 0 aromatic heterocycles. The highest BCUT2D eigenvalue weighted by Crippen LogP contribution is 2.31. The lowest BCUT2D eigenvalue weighted by Crippen LogP contribution is -2.24. The van der Waals surface area contributed by atoms with Crippen molar-refractivity contribution in [1.82, 2.24) is 5.32 Å². The molecule has 0 bridgehead atoms. The highest BCUT2D eigenvalue weighted by Gasteiger charge is 2.19. The molecule has 0 heterocycles. The van der Waals surface area contributed by atoms with E-state index in [-0.39, 0.29) is 5.82 Å². The molecule has 2 rings (SSSR count). The van der Waals surface area contributed by atoms with Gasteiger partial charge in [0, 0.05) is 6.04 Å². The third-order valence-corrected chi connectivity index (χ3v) is 4.02. The first-order valence-corrected chi connectivity index (χ1v) is 7.28. The molecular formula is C16H24FN. The van der Waals surface area contributed by atoms with Gasteiger partial charge >= 0.3 is 0 Å². The molecule has 0 saturated heterocycles. The van der Waals surface area contributed by atoms with Gasteiger partial charge in [0.2, 0.25) is 0 Å². The summed E-state index contributed by atoms with van der Waals surface area (Å²) in [4.78, 5) is 0. The quantitative estimate of drug-likeness (QED) is 0.813. The van der Waals surface area contributed by atoms with E-state index < -0.39 is 0 Å². The van der Waals surface area contributed by atoms with Crippen molar-refractivity contribution in [2.45, 2.75) is 51.5 Å². The SMILES string of the molecule is CCNC(CC1CCCCC1)c1ccc(F)cc1. The minimum Gasteiger partial charge on any atom is -0.310 e. The average molecular weight is 249 g/mol. The number of nitrogens with one attached hydrogen (secondary N) is 1. The summed E-state index contributed by atoms with van der Waals surface area (Å²) >= 11 is 0. The van der Waals surface area contributed by atoms with E-state index in [1.807, 2.05) is 12.1 Å². The summed E-state index contributed by atoms with van der Waals surface area (Å²) in [7, 11) is 0. The Labute approximate surface area is 110 Å². The fourth-order valence-corrected chi connectivity index (χ4v) is 3.03. The molecule has 1 unspecified atom stereocenters. The van der Waals surface area contributed by atoms with E-state index in [1.54, 1.807) is 12.1 Å². The maximum absolute atomic E-state index is 13.0. The first-order valence-electron chi connectivity index (χ1n) is 7.28. The molecule has 1 aromatic rings. The summed E-state index contributed by atoms with van der Waals surface area (Å²) < 4.78 is 13.0. The summed E-state index contributed by atoms with van der Waals surface area (Å²) in [5.74, 6) is 0.694. The van der Waals surface area contributed by atoms with Gasteiger partial charge in [0.1, 0.15) is 5.82 Å². The lowest BCUT2D eigenvalue weighted by atomic mass is 9.83. The van der Waals surface area contributed by atoms with Gasteiger partial charge in [-0.1, -0.05) is 51.2 Å². The van der Waals surface area contributed by atoms with E-state index in [0.29, 0.717) is 6.04 Å². The van der Waals surface area contributed by atoms with E-state index in [1.165, 1.54) is 44.1 Å². The largest absolute Gasteiger partial charge is 0.310 e. The minimum atomic E-state index is -0.147. The smallest absolute Gasteiger partial charge is 0.123 e. The summed E-state index contributed by atoms with van der Waals surface area (Å²) in [5, 5.41) is 3.54. The number of halogens is 1. The molecule has 0 amide bonds. The molecule has 1 saturated carbocycles.